The zero-order chi connectivity index (χ0) is 14.1. The second kappa shape index (κ2) is 4.85. The SMILES string of the molecule is COc1cc(C)cc2oc(=O)cc(-c3ccccc3)c12. The van der Waals surface area contributed by atoms with Gasteiger partial charge in [0.1, 0.15) is 11.3 Å². The molecule has 0 aliphatic rings. The van der Waals surface area contributed by atoms with Gasteiger partial charge in [-0.1, -0.05) is 30.3 Å². The van der Waals surface area contributed by atoms with Crippen LogP contribution in [0, 0.1) is 6.92 Å². The summed E-state index contributed by atoms with van der Waals surface area (Å²) in [5.74, 6) is 0.711. The van der Waals surface area contributed by atoms with E-state index >= 15 is 0 Å². The molecule has 0 bridgehead atoms. The van der Waals surface area contributed by atoms with Gasteiger partial charge in [0.25, 0.3) is 0 Å². The molecule has 0 N–H and O–H groups in total. The predicted octanol–water partition coefficient (Wildman–Crippen LogP) is 3.78. The topological polar surface area (TPSA) is 39.4 Å². The lowest BCUT2D eigenvalue weighted by molar-refractivity contribution is 0.418. The van der Waals surface area contributed by atoms with Crippen LogP contribution in [0.5, 0.6) is 5.75 Å². The van der Waals surface area contributed by atoms with Gasteiger partial charge in [-0.15, -0.1) is 0 Å². The van der Waals surface area contributed by atoms with E-state index in [1.54, 1.807) is 7.11 Å². The molecule has 0 amide bonds. The van der Waals surface area contributed by atoms with Crippen LogP contribution in [0.3, 0.4) is 0 Å². The third kappa shape index (κ3) is 2.07. The average Bonchev–Trinajstić information content (AvgIpc) is 2.46. The van der Waals surface area contributed by atoms with Crippen LogP contribution in [0.15, 0.2) is 57.7 Å². The van der Waals surface area contributed by atoms with Crippen LogP contribution >= 0.6 is 0 Å². The Hall–Kier alpha value is -2.55. The first-order valence-corrected chi connectivity index (χ1v) is 6.37. The van der Waals surface area contributed by atoms with E-state index in [9.17, 15) is 4.79 Å². The van der Waals surface area contributed by atoms with Crippen molar-refractivity contribution in [3.8, 4) is 16.9 Å². The summed E-state index contributed by atoms with van der Waals surface area (Å²) in [6.07, 6.45) is 0. The molecule has 0 aliphatic heterocycles. The number of fused-ring (bicyclic) bond motifs is 1. The van der Waals surface area contributed by atoms with Gasteiger partial charge in [-0.05, 0) is 30.2 Å². The van der Waals surface area contributed by atoms with Crippen LogP contribution in [-0.2, 0) is 0 Å². The van der Waals surface area contributed by atoms with E-state index in [4.69, 9.17) is 9.15 Å². The molecule has 3 aromatic rings. The highest BCUT2D eigenvalue weighted by molar-refractivity contribution is 5.98. The Bertz CT molecular complexity index is 817. The van der Waals surface area contributed by atoms with Crippen molar-refractivity contribution in [3.05, 3.63) is 64.5 Å². The molecule has 0 saturated heterocycles. The van der Waals surface area contributed by atoms with Crippen LogP contribution in [-0.4, -0.2) is 7.11 Å². The van der Waals surface area contributed by atoms with E-state index in [-0.39, 0.29) is 5.63 Å². The summed E-state index contributed by atoms with van der Waals surface area (Å²) in [6.45, 7) is 1.94. The molecule has 0 saturated carbocycles. The number of hydrogen-bond acceptors (Lipinski definition) is 3. The van der Waals surface area contributed by atoms with Crippen molar-refractivity contribution < 1.29 is 9.15 Å². The lowest BCUT2D eigenvalue weighted by Gasteiger charge is -2.10. The van der Waals surface area contributed by atoms with Crippen LogP contribution in [0.4, 0.5) is 0 Å². The molecule has 0 fully saturated rings. The minimum Gasteiger partial charge on any atom is -0.496 e. The standard InChI is InChI=1S/C17H14O3/c1-11-8-14(19-2)17-13(12-6-4-3-5-7-12)10-16(18)20-15(17)9-11/h3-10H,1-2H3. The Labute approximate surface area is 116 Å². The van der Waals surface area contributed by atoms with E-state index in [1.165, 1.54) is 6.07 Å². The van der Waals surface area contributed by atoms with Crippen molar-refractivity contribution in [2.45, 2.75) is 6.92 Å². The summed E-state index contributed by atoms with van der Waals surface area (Å²) in [7, 11) is 1.62. The maximum atomic E-state index is 11.8. The van der Waals surface area contributed by atoms with E-state index in [1.807, 2.05) is 49.4 Å². The van der Waals surface area contributed by atoms with Crippen molar-refractivity contribution in [2.75, 3.05) is 7.11 Å². The number of ether oxygens (including phenoxy) is 1. The third-order valence-corrected chi connectivity index (χ3v) is 3.26. The molecule has 20 heavy (non-hydrogen) atoms. The Morgan fingerprint density at radius 3 is 2.50 bits per heavy atom. The fourth-order valence-corrected chi connectivity index (χ4v) is 2.40. The molecule has 0 unspecified atom stereocenters. The maximum absolute atomic E-state index is 11.8. The van der Waals surface area contributed by atoms with Gasteiger partial charge in [-0.2, -0.15) is 0 Å². The van der Waals surface area contributed by atoms with Crippen molar-refractivity contribution in [1.29, 1.82) is 0 Å². The lowest BCUT2D eigenvalue weighted by Crippen LogP contribution is -2.00. The molecule has 1 heterocycles. The Morgan fingerprint density at radius 2 is 1.80 bits per heavy atom. The van der Waals surface area contributed by atoms with Gasteiger partial charge in [0.15, 0.2) is 0 Å². The molecule has 2 aromatic carbocycles. The summed E-state index contributed by atoms with van der Waals surface area (Å²) in [5, 5.41) is 0.823. The van der Waals surface area contributed by atoms with E-state index < -0.39 is 0 Å². The summed E-state index contributed by atoms with van der Waals surface area (Å²) < 4.78 is 10.8. The van der Waals surface area contributed by atoms with Crippen LogP contribution in [0.1, 0.15) is 5.56 Å². The highest BCUT2D eigenvalue weighted by Gasteiger charge is 2.13. The van der Waals surface area contributed by atoms with Crippen molar-refractivity contribution in [1.82, 2.24) is 0 Å². The summed E-state index contributed by atoms with van der Waals surface area (Å²) >= 11 is 0. The highest BCUT2D eigenvalue weighted by atomic mass is 16.5. The molecule has 0 spiro atoms. The molecule has 3 rings (SSSR count). The molecule has 3 heteroatoms. The third-order valence-electron chi connectivity index (χ3n) is 3.26. The molecule has 0 aliphatic carbocycles. The molecule has 3 nitrogen and oxygen atoms in total. The zero-order valence-electron chi connectivity index (χ0n) is 11.3. The molecule has 100 valence electrons. The van der Waals surface area contributed by atoms with Gasteiger partial charge in [-0.25, -0.2) is 4.79 Å². The van der Waals surface area contributed by atoms with Crippen LogP contribution in [0.25, 0.3) is 22.1 Å². The minimum absolute atomic E-state index is 0.357. The monoisotopic (exact) mass is 266 g/mol. The molecule has 1 aromatic heterocycles. The predicted molar refractivity (Wildman–Crippen MR) is 79.2 cm³/mol. The second-order valence-corrected chi connectivity index (χ2v) is 4.69. The normalized spacial score (nSPS) is 10.7. The van der Waals surface area contributed by atoms with Gasteiger partial charge in [0, 0.05) is 11.6 Å². The van der Waals surface area contributed by atoms with Crippen molar-refractivity contribution in [2.24, 2.45) is 0 Å². The first kappa shape index (κ1) is 12.5. The number of methoxy groups -OCH3 is 1. The first-order valence-electron chi connectivity index (χ1n) is 6.37. The summed E-state index contributed by atoms with van der Waals surface area (Å²) in [5.41, 5.74) is 2.97. The number of rotatable bonds is 2. The average molecular weight is 266 g/mol. The van der Waals surface area contributed by atoms with Crippen LogP contribution in [0.2, 0.25) is 0 Å². The Balaban J connectivity index is 2.45. The van der Waals surface area contributed by atoms with Crippen LogP contribution < -0.4 is 10.4 Å². The molecule has 0 radical (unpaired) electrons. The van der Waals surface area contributed by atoms with Gasteiger partial charge in [0.2, 0.25) is 0 Å². The van der Waals surface area contributed by atoms with Crippen molar-refractivity contribution in [3.63, 3.8) is 0 Å². The van der Waals surface area contributed by atoms with Gasteiger partial charge in [0.05, 0.1) is 12.5 Å². The number of benzene rings is 2. The molecule has 0 atom stereocenters. The zero-order valence-corrected chi connectivity index (χ0v) is 11.3. The minimum atomic E-state index is -0.357. The quantitative estimate of drug-likeness (QED) is 0.663. The molecular weight excluding hydrogens is 252 g/mol. The Morgan fingerprint density at radius 1 is 1.05 bits per heavy atom. The van der Waals surface area contributed by atoms with Gasteiger partial charge in [-0.3, -0.25) is 0 Å². The Kier molecular flexibility index (Phi) is 3.03. The largest absolute Gasteiger partial charge is 0.496 e. The van der Waals surface area contributed by atoms with E-state index in [2.05, 4.69) is 0 Å². The second-order valence-electron chi connectivity index (χ2n) is 4.69. The molecular formula is C17H14O3. The van der Waals surface area contributed by atoms with E-state index in [0.29, 0.717) is 11.3 Å². The fraction of sp³-hybridized carbons (Fsp3) is 0.118. The van der Waals surface area contributed by atoms with Gasteiger partial charge >= 0.3 is 5.63 Å². The lowest BCUT2D eigenvalue weighted by atomic mass is 10.0. The highest BCUT2D eigenvalue weighted by Crippen LogP contribution is 2.35. The van der Waals surface area contributed by atoms with Gasteiger partial charge < -0.3 is 9.15 Å². The number of hydrogen-bond donors (Lipinski definition) is 0. The summed E-state index contributed by atoms with van der Waals surface area (Å²) in [4.78, 5) is 11.8. The van der Waals surface area contributed by atoms with E-state index in [0.717, 1.165) is 22.1 Å². The van der Waals surface area contributed by atoms with Crippen molar-refractivity contribution >= 4 is 11.0 Å². The number of aryl methyl sites for hydroxylation is 1. The first-order chi connectivity index (χ1) is 9.69. The maximum Gasteiger partial charge on any atom is 0.336 e. The summed E-state index contributed by atoms with van der Waals surface area (Å²) in [6, 6.07) is 15.1. The smallest absolute Gasteiger partial charge is 0.336 e. The fourth-order valence-electron chi connectivity index (χ4n) is 2.40.